The second-order valence-corrected chi connectivity index (χ2v) is 5.52. The normalized spacial score (nSPS) is 23.5. The molecular formula is C14H25NO4. The Hall–Kier alpha value is -1.10. The van der Waals surface area contributed by atoms with Gasteiger partial charge in [-0.25, -0.2) is 0 Å². The predicted octanol–water partition coefficient (Wildman–Crippen LogP) is 1.65. The fourth-order valence-corrected chi connectivity index (χ4v) is 2.36. The molecule has 1 saturated heterocycles. The lowest BCUT2D eigenvalue weighted by atomic mass is 9.93. The lowest BCUT2D eigenvalue weighted by molar-refractivity contribution is -0.152. The Bertz CT molecular complexity index is 327. The van der Waals surface area contributed by atoms with Crippen LogP contribution in [-0.4, -0.2) is 36.7 Å². The standard InChI is InChI=1S/C14H25NO4/c1-5-11(13(17)18-6-2)12(16)15-10-7-8-19-14(3,4)9-10/h10-11H,5-9H2,1-4H3,(H,15,16)/t10-,11+/m1/s1. The first-order chi connectivity index (χ1) is 8.89. The molecule has 19 heavy (non-hydrogen) atoms. The SMILES string of the molecule is CCOC(=O)[C@@H](CC)C(=O)N[C@@H]1CCOC(C)(C)C1. The Kier molecular flexibility index (Phi) is 5.79. The molecule has 0 radical (unpaired) electrons. The molecule has 1 fully saturated rings. The fraction of sp³-hybridized carbons (Fsp3) is 0.857. The Labute approximate surface area is 115 Å². The van der Waals surface area contributed by atoms with Gasteiger partial charge in [0.1, 0.15) is 5.92 Å². The molecule has 5 nitrogen and oxygen atoms in total. The highest BCUT2D eigenvalue weighted by Crippen LogP contribution is 2.24. The first kappa shape index (κ1) is 16.0. The zero-order valence-corrected chi connectivity index (χ0v) is 12.3. The van der Waals surface area contributed by atoms with E-state index in [0.717, 1.165) is 12.8 Å². The molecule has 0 saturated carbocycles. The first-order valence-electron chi connectivity index (χ1n) is 7.00. The average molecular weight is 271 g/mol. The number of amides is 1. The van der Waals surface area contributed by atoms with Crippen molar-refractivity contribution in [3.8, 4) is 0 Å². The molecule has 1 heterocycles. The second-order valence-electron chi connectivity index (χ2n) is 5.52. The Morgan fingerprint density at radius 3 is 2.63 bits per heavy atom. The number of rotatable bonds is 5. The monoisotopic (exact) mass is 271 g/mol. The molecule has 0 aromatic rings. The summed E-state index contributed by atoms with van der Waals surface area (Å²) in [5.74, 6) is -1.37. The molecule has 0 aliphatic carbocycles. The maximum atomic E-state index is 12.1. The van der Waals surface area contributed by atoms with Gasteiger partial charge in [0.25, 0.3) is 0 Å². The van der Waals surface area contributed by atoms with E-state index in [1.165, 1.54) is 0 Å². The third kappa shape index (κ3) is 4.82. The molecule has 0 spiro atoms. The molecule has 1 aliphatic rings. The molecule has 1 aliphatic heterocycles. The van der Waals surface area contributed by atoms with E-state index >= 15 is 0 Å². The van der Waals surface area contributed by atoms with Gasteiger partial charge in [-0.15, -0.1) is 0 Å². The lowest BCUT2D eigenvalue weighted by Crippen LogP contribution is -2.48. The van der Waals surface area contributed by atoms with E-state index in [9.17, 15) is 9.59 Å². The molecule has 0 aromatic carbocycles. The minimum absolute atomic E-state index is 0.0692. The summed E-state index contributed by atoms with van der Waals surface area (Å²) in [5.41, 5.74) is -0.220. The molecule has 1 N–H and O–H groups in total. The third-order valence-electron chi connectivity index (χ3n) is 3.34. The quantitative estimate of drug-likeness (QED) is 0.610. The zero-order valence-electron chi connectivity index (χ0n) is 12.3. The number of carbonyl (C=O) groups excluding carboxylic acids is 2. The van der Waals surface area contributed by atoms with E-state index in [1.807, 2.05) is 20.8 Å². The largest absolute Gasteiger partial charge is 0.465 e. The maximum Gasteiger partial charge on any atom is 0.318 e. The molecule has 2 atom stereocenters. The van der Waals surface area contributed by atoms with Crippen LogP contribution in [0.25, 0.3) is 0 Å². The van der Waals surface area contributed by atoms with Gasteiger partial charge in [0.15, 0.2) is 0 Å². The van der Waals surface area contributed by atoms with E-state index in [1.54, 1.807) is 6.92 Å². The van der Waals surface area contributed by atoms with Crippen molar-refractivity contribution in [3.63, 3.8) is 0 Å². The van der Waals surface area contributed by atoms with Gasteiger partial charge in [0.05, 0.1) is 12.2 Å². The highest BCUT2D eigenvalue weighted by atomic mass is 16.5. The van der Waals surface area contributed by atoms with Crippen molar-refractivity contribution >= 4 is 11.9 Å². The highest BCUT2D eigenvalue weighted by molar-refractivity contribution is 5.97. The van der Waals surface area contributed by atoms with Gasteiger partial charge in [0.2, 0.25) is 5.91 Å². The Balaban J connectivity index is 2.55. The van der Waals surface area contributed by atoms with Gasteiger partial charge < -0.3 is 14.8 Å². The van der Waals surface area contributed by atoms with Crippen LogP contribution < -0.4 is 5.32 Å². The number of hydrogen-bond acceptors (Lipinski definition) is 4. The first-order valence-corrected chi connectivity index (χ1v) is 7.00. The van der Waals surface area contributed by atoms with Crippen LogP contribution >= 0.6 is 0 Å². The number of carbonyl (C=O) groups is 2. The Morgan fingerprint density at radius 1 is 1.42 bits per heavy atom. The van der Waals surface area contributed by atoms with Crippen LogP contribution in [0, 0.1) is 5.92 Å². The summed E-state index contributed by atoms with van der Waals surface area (Å²) >= 11 is 0. The van der Waals surface area contributed by atoms with Crippen LogP contribution in [0.4, 0.5) is 0 Å². The Morgan fingerprint density at radius 2 is 2.11 bits per heavy atom. The van der Waals surface area contributed by atoms with E-state index in [-0.39, 0.29) is 17.6 Å². The fourth-order valence-electron chi connectivity index (χ4n) is 2.36. The summed E-state index contributed by atoms with van der Waals surface area (Å²) in [5, 5.41) is 2.95. The van der Waals surface area contributed by atoms with Gasteiger partial charge in [0, 0.05) is 12.6 Å². The molecule has 5 heteroatoms. The average Bonchev–Trinajstić information content (AvgIpc) is 2.28. The highest BCUT2D eigenvalue weighted by Gasteiger charge is 2.33. The van der Waals surface area contributed by atoms with Gasteiger partial charge >= 0.3 is 5.97 Å². The topological polar surface area (TPSA) is 64.6 Å². The van der Waals surface area contributed by atoms with Crippen LogP contribution in [0.15, 0.2) is 0 Å². The summed E-state index contributed by atoms with van der Waals surface area (Å²) in [6, 6.07) is 0.0692. The van der Waals surface area contributed by atoms with Crippen molar-refractivity contribution in [2.75, 3.05) is 13.2 Å². The van der Waals surface area contributed by atoms with Crippen LogP contribution in [0.2, 0.25) is 0 Å². The van der Waals surface area contributed by atoms with E-state index in [2.05, 4.69) is 5.32 Å². The smallest absolute Gasteiger partial charge is 0.318 e. The van der Waals surface area contributed by atoms with E-state index in [0.29, 0.717) is 19.6 Å². The zero-order chi connectivity index (χ0) is 14.5. The molecule has 110 valence electrons. The summed E-state index contributed by atoms with van der Waals surface area (Å²) in [7, 11) is 0. The van der Waals surface area contributed by atoms with Gasteiger partial charge in [-0.1, -0.05) is 6.92 Å². The van der Waals surface area contributed by atoms with Gasteiger partial charge in [-0.05, 0) is 40.0 Å². The minimum atomic E-state index is -0.703. The van der Waals surface area contributed by atoms with Crippen molar-refractivity contribution in [2.45, 2.75) is 58.6 Å². The van der Waals surface area contributed by atoms with Crippen molar-refractivity contribution in [1.82, 2.24) is 5.32 Å². The third-order valence-corrected chi connectivity index (χ3v) is 3.34. The summed E-state index contributed by atoms with van der Waals surface area (Å²) < 4.78 is 10.5. The van der Waals surface area contributed by atoms with Gasteiger partial charge in [-0.2, -0.15) is 0 Å². The van der Waals surface area contributed by atoms with Crippen LogP contribution in [0.1, 0.15) is 47.0 Å². The lowest BCUT2D eigenvalue weighted by Gasteiger charge is -2.36. The van der Waals surface area contributed by atoms with Crippen LogP contribution in [0.5, 0.6) is 0 Å². The second kappa shape index (κ2) is 6.89. The van der Waals surface area contributed by atoms with E-state index in [4.69, 9.17) is 9.47 Å². The summed E-state index contributed by atoms with van der Waals surface area (Å²) in [4.78, 5) is 23.8. The number of ether oxygens (including phenoxy) is 2. The van der Waals surface area contributed by atoms with Crippen molar-refractivity contribution in [2.24, 2.45) is 5.92 Å². The van der Waals surface area contributed by atoms with Crippen molar-refractivity contribution in [3.05, 3.63) is 0 Å². The molecule has 0 bridgehead atoms. The number of nitrogens with one attached hydrogen (secondary N) is 1. The van der Waals surface area contributed by atoms with Crippen molar-refractivity contribution < 1.29 is 19.1 Å². The van der Waals surface area contributed by atoms with E-state index < -0.39 is 11.9 Å². The molecule has 1 rings (SSSR count). The summed E-state index contributed by atoms with van der Waals surface area (Å²) in [6.07, 6.45) is 2.00. The predicted molar refractivity (Wildman–Crippen MR) is 71.6 cm³/mol. The number of hydrogen-bond donors (Lipinski definition) is 1. The van der Waals surface area contributed by atoms with Gasteiger partial charge in [-0.3, -0.25) is 9.59 Å². The number of esters is 1. The molecular weight excluding hydrogens is 246 g/mol. The van der Waals surface area contributed by atoms with Crippen molar-refractivity contribution in [1.29, 1.82) is 0 Å². The molecule has 0 aromatic heterocycles. The molecule has 1 amide bonds. The molecule has 0 unspecified atom stereocenters. The van der Waals surface area contributed by atoms with Crippen LogP contribution in [0.3, 0.4) is 0 Å². The minimum Gasteiger partial charge on any atom is -0.465 e. The van der Waals surface area contributed by atoms with Crippen LogP contribution in [-0.2, 0) is 19.1 Å². The maximum absolute atomic E-state index is 12.1. The summed E-state index contributed by atoms with van der Waals surface area (Å²) in [6.45, 7) is 8.50.